The van der Waals surface area contributed by atoms with Gasteiger partial charge >= 0.3 is 28.1 Å². The molecule has 0 saturated carbocycles. The maximum absolute atomic E-state index is 13.8. The number of alkyl halides is 9. The molecule has 64 heavy (non-hydrogen) atoms. The summed E-state index contributed by atoms with van der Waals surface area (Å²) < 4.78 is 141. The summed E-state index contributed by atoms with van der Waals surface area (Å²) in [7, 11) is -3.34. The lowest BCUT2D eigenvalue weighted by Crippen LogP contribution is -2.27. The molecule has 1 radical (unpaired) electrons. The number of hydrogen-bond acceptors (Lipinski definition) is 9. The summed E-state index contributed by atoms with van der Waals surface area (Å²) in [5, 5.41) is 36.6. The van der Waals surface area contributed by atoms with Crippen molar-refractivity contribution in [2.75, 3.05) is 0 Å². The molecule has 331 valence electrons. The molecule has 0 atom stereocenters. The van der Waals surface area contributed by atoms with E-state index in [4.69, 9.17) is 13.3 Å². The van der Waals surface area contributed by atoms with Gasteiger partial charge in [0.25, 0.3) is 17.1 Å². The normalized spacial score (nSPS) is 12.1. The summed E-state index contributed by atoms with van der Waals surface area (Å²) >= 11 is 0. The minimum atomic E-state index is -4.81. The maximum Gasteiger partial charge on any atom is 0.578 e. The van der Waals surface area contributed by atoms with Crippen LogP contribution in [0.5, 0.6) is 0 Å². The zero-order chi connectivity index (χ0) is 46.6. The average Bonchev–Trinajstić information content (AvgIpc) is 3.25. The monoisotopic (exact) mass is 916 g/mol. The number of nitrogens with zero attached hydrogens (tertiary/aromatic N) is 3. The Kier molecular flexibility index (Phi) is 13.6. The first kappa shape index (κ1) is 46.5. The topological polar surface area (TPSA) is 157 Å². The molecule has 0 saturated heterocycles. The van der Waals surface area contributed by atoms with Crippen LogP contribution in [0, 0.1) is 30.3 Å². The lowest BCUT2D eigenvalue weighted by atomic mass is 9.97. The van der Waals surface area contributed by atoms with Crippen molar-refractivity contribution in [3.05, 3.63) is 191 Å². The summed E-state index contributed by atoms with van der Waals surface area (Å²) in [4.78, 5) is 33.9. The molecule has 0 bridgehead atoms. The van der Waals surface area contributed by atoms with Crippen molar-refractivity contribution in [2.24, 2.45) is 0 Å². The first-order valence-corrected chi connectivity index (χ1v) is 19.4. The Balaban J connectivity index is 1.32. The van der Waals surface area contributed by atoms with Crippen molar-refractivity contribution in [3.63, 3.8) is 0 Å². The van der Waals surface area contributed by atoms with E-state index in [1.54, 1.807) is 0 Å². The molecule has 22 heteroatoms. The zero-order valence-electron chi connectivity index (χ0n) is 32.2. The lowest BCUT2D eigenvalue weighted by Gasteiger charge is -2.17. The fourth-order valence-corrected chi connectivity index (χ4v) is 7.62. The molecular formula is C42H27F9N3O9Si. The van der Waals surface area contributed by atoms with Crippen LogP contribution in [0.25, 0.3) is 33.4 Å². The van der Waals surface area contributed by atoms with Crippen LogP contribution in [-0.4, -0.2) is 24.3 Å². The van der Waals surface area contributed by atoms with E-state index in [-0.39, 0.29) is 50.1 Å². The SMILES string of the molecule is O=[N+]([O-])c1cc(-c2ccccc2C(F)(F)F)ccc1CO[Si](OCc1ccc(-c2ccccc2C(F)(F)F)cc1[N+](=O)[O-])OCc1ccc(-c2ccccc2C(F)(F)F)cc1[N+](=O)[O-]. The highest BCUT2D eigenvalue weighted by molar-refractivity contribution is 6.36. The largest absolute Gasteiger partial charge is 0.578 e. The quantitative estimate of drug-likeness (QED) is 0.0423. The maximum atomic E-state index is 13.8. The van der Waals surface area contributed by atoms with Crippen LogP contribution in [0.1, 0.15) is 33.4 Å². The van der Waals surface area contributed by atoms with Gasteiger partial charge in [-0.1, -0.05) is 72.8 Å². The molecule has 6 aromatic carbocycles. The van der Waals surface area contributed by atoms with E-state index in [9.17, 15) is 69.9 Å². The van der Waals surface area contributed by atoms with Crippen molar-refractivity contribution in [2.45, 2.75) is 38.3 Å². The van der Waals surface area contributed by atoms with Crippen LogP contribution in [0.15, 0.2) is 127 Å². The fraction of sp³-hybridized carbons (Fsp3) is 0.143. The van der Waals surface area contributed by atoms with E-state index in [0.717, 1.165) is 109 Å². The number of nitro benzene ring substituents is 3. The van der Waals surface area contributed by atoms with E-state index in [2.05, 4.69) is 0 Å². The van der Waals surface area contributed by atoms with Crippen molar-refractivity contribution >= 4 is 26.6 Å². The second-order valence-electron chi connectivity index (χ2n) is 13.5. The molecule has 0 amide bonds. The smallest absolute Gasteiger partial charge is 0.366 e. The van der Waals surface area contributed by atoms with Gasteiger partial charge in [-0.15, -0.1) is 0 Å². The fourth-order valence-electron chi connectivity index (χ4n) is 6.55. The standard InChI is InChI=1S/C42H27F9N3O9Si/c43-40(44,45)34-10-4-1-7-31(34)25-13-16-28(37(19-25)52(55)56)22-61-64(62-23-29-17-14-26(20-38(29)53(57)58)32-8-2-5-11-35(32)41(46,47)48)63-24-30-18-15-27(21-39(30)54(59)60)33-9-3-6-12-36(33)42(49,50)51/h1-21H,22-24H2. The predicted molar refractivity (Wildman–Crippen MR) is 211 cm³/mol. The van der Waals surface area contributed by atoms with Crippen LogP contribution in [-0.2, 0) is 51.6 Å². The van der Waals surface area contributed by atoms with Gasteiger partial charge in [0.2, 0.25) is 0 Å². The van der Waals surface area contributed by atoms with Gasteiger partial charge in [0.05, 0.1) is 68.0 Å². The third kappa shape index (κ3) is 10.8. The van der Waals surface area contributed by atoms with E-state index in [0.29, 0.717) is 0 Å². The minimum Gasteiger partial charge on any atom is -0.366 e. The highest BCUT2D eigenvalue weighted by Gasteiger charge is 2.36. The Morgan fingerprint density at radius 2 is 0.656 bits per heavy atom. The van der Waals surface area contributed by atoms with Crippen molar-refractivity contribution in [1.82, 2.24) is 0 Å². The number of benzene rings is 6. The highest BCUT2D eigenvalue weighted by atomic mass is 28.3. The number of halogens is 9. The highest BCUT2D eigenvalue weighted by Crippen LogP contribution is 2.41. The van der Waals surface area contributed by atoms with Gasteiger partial charge in [-0.3, -0.25) is 30.3 Å². The molecule has 12 nitrogen and oxygen atoms in total. The van der Waals surface area contributed by atoms with E-state index in [1.165, 1.54) is 18.2 Å². The second-order valence-corrected chi connectivity index (χ2v) is 14.9. The van der Waals surface area contributed by atoms with Gasteiger partial charge in [-0.05, 0) is 69.8 Å². The van der Waals surface area contributed by atoms with Gasteiger partial charge in [-0.2, -0.15) is 39.5 Å². The Labute approximate surface area is 356 Å². The van der Waals surface area contributed by atoms with Gasteiger partial charge in [0, 0.05) is 18.2 Å². The van der Waals surface area contributed by atoms with Gasteiger partial charge < -0.3 is 13.3 Å². The summed E-state index contributed by atoms with van der Waals surface area (Å²) in [6, 6.07) is 22.4. The van der Waals surface area contributed by atoms with Gasteiger partial charge in [-0.25, -0.2) is 0 Å². The molecule has 0 aliphatic carbocycles. The third-order valence-corrected chi connectivity index (χ3v) is 10.7. The molecule has 6 aromatic rings. The van der Waals surface area contributed by atoms with Crippen LogP contribution < -0.4 is 0 Å². The molecule has 0 unspecified atom stereocenters. The first-order valence-electron chi connectivity index (χ1n) is 18.2. The Morgan fingerprint density at radius 3 is 0.891 bits per heavy atom. The predicted octanol–water partition coefficient (Wildman–Crippen LogP) is 12.4. The molecule has 0 heterocycles. The molecule has 0 aromatic heterocycles. The summed E-state index contributed by atoms with van der Waals surface area (Å²) in [5.74, 6) is 0. The van der Waals surface area contributed by atoms with E-state index < -0.39 is 96.4 Å². The van der Waals surface area contributed by atoms with Crippen LogP contribution in [0.4, 0.5) is 56.6 Å². The molecule has 0 aliphatic heterocycles. The Hall–Kier alpha value is -7.01. The van der Waals surface area contributed by atoms with Gasteiger partial charge in [0.1, 0.15) is 0 Å². The molecular weight excluding hydrogens is 890 g/mol. The molecule has 6 rings (SSSR count). The summed E-state index contributed by atoms with van der Waals surface area (Å²) in [6.45, 7) is -2.22. The minimum absolute atomic E-state index is 0.177. The number of nitro groups is 3. The van der Waals surface area contributed by atoms with Crippen LogP contribution in [0.3, 0.4) is 0 Å². The number of hydrogen-bond donors (Lipinski definition) is 0. The summed E-state index contributed by atoms with van der Waals surface area (Å²) in [5.41, 5.74) is -7.61. The van der Waals surface area contributed by atoms with Crippen molar-refractivity contribution in [3.8, 4) is 33.4 Å². The molecule has 0 N–H and O–H groups in total. The first-order chi connectivity index (χ1) is 30.1. The molecule has 0 fully saturated rings. The Morgan fingerprint density at radius 1 is 0.406 bits per heavy atom. The van der Waals surface area contributed by atoms with Crippen LogP contribution in [0.2, 0.25) is 0 Å². The number of rotatable bonds is 15. The molecule has 0 spiro atoms. The second kappa shape index (κ2) is 18.8. The summed E-state index contributed by atoms with van der Waals surface area (Å²) in [6.07, 6.45) is -14.4. The van der Waals surface area contributed by atoms with Crippen molar-refractivity contribution < 1.29 is 67.6 Å². The van der Waals surface area contributed by atoms with Crippen LogP contribution >= 0.6 is 0 Å². The van der Waals surface area contributed by atoms with Gasteiger partial charge in [0.15, 0.2) is 0 Å². The Bertz CT molecular complexity index is 2440. The third-order valence-electron chi connectivity index (χ3n) is 9.51. The van der Waals surface area contributed by atoms with E-state index >= 15 is 0 Å². The van der Waals surface area contributed by atoms with E-state index in [1.807, 2.05) is 0 Å². The molecule has 0 aliphatic rings. The lowest BCUT2D eigenvalue weighted by molar-refractivity contribution is -0.385. The average molecular weight is 917 g/mol. The van der Waals surface area contributed by atoms with Crippen molar-refractivity contribution in [1.29, 1.82) is 0 Å². The zero-order valence-corrected chi connectivity index (χ0v) is 33.2.